The van der Waals surface area contributed by atoms with E-state index in [1.165, 1.54) is 20.4 Å². The topological polar surface area (TPSA) is 119 Å². The molecular formula is C27H34ClFN4O6S2. The van der Waals surface area contributed by atoms with Crippen LogP contribution in [0.5, 0.6) is 11.5 Å². The Labute approximate surface area is 248 Å². The van der Waals surface area contributed by atoms with Crippen LogP contribution in [-0.4, -0.2) is 52.4 Å². The average Bonchev–Trinajstić information content (AvgIpc) is 3.44. The Kier molecular flexibility index (Phi) is 11.0. The molecule has 0 spiro atoms. The molecule has 0 saturated heterocycles. The molecular weight excluding hydrogens is 595 g/mol. The number of carbonyl (C=O) groups is 1. The fourth-order valence-electron chi connectivity index (χ4n) is 3.69. The Hall–Kier alpha value is -3.29. The molecule has 0 atom stereocenters. The first kappa shape index (κ1) is 32.2. The summed E-state index contributed by atoms with van der Waals surface area (Å²) < 4.78 is 59.7. The smallest absolute Gasteiger partial charge is 0.407 e. The van der Waals surface area contributed by atoms with Gasteiger partial charge in [0.05, 0.1) is 31.5 Å². The van der Waals surface area contributed by atoms with Crippen molar-refractivity contribution in [1.29, 1.82) is 0 Å². The van der Waals surface area contributed by atoms with Gasteiger partial charge in [0, 0.05) is 36.3 Å². The number of sulfonamides is 1. The fourth-order valence-corrected chi connectivity index (χ4v) is 6.33. The van der Waals surface area contributed by atoms with Crippen LogP contribution in [0.2, 0.25) is 5.02 Å². The normalized spacial score (nSPS) is 11.6. The van der Waals surface area contributed by atoms with Crippen LogP contribution in [-0.2, 0) is 21.3 Å². The average molecular weight is 629 g/mol. The van der Waals surface area contributed by atoms with E-state index in [1.54, 1.807) is 44.4 Å². The van der Waals surface area contributed by atoms with Crippen molar-refractivity contribution in [2.24, 2.45) is 0 Å². The lowest BCUT2D eigenvalue weighted by Gasteiger charge is -2.23. The van der Waals surface area contributed by atoms with Gasteiger partial charge in [0.1, 0.15) is 27.8 Å². The van der Waals surface area contributed by atoms with Gasteiger partial charge in [-0.1, -0.05) is 11.6 Å². The monoisotopic (exact) mass is 628 g/mol. The second-order valence-electron chi connectivity index (χ2n) is 9.83. The first-order valence-electron chi connectivity index (χ1n) is 12.7. The minimum Gasteiger partial charge on any atom is -0.497 e. The third-order valence-corrected chi connectivity index (χ3v) is 8.59. The van der Waals surface area contributed by atoms with Gasteiger partial charge in [-0.05, 0) is 57.9 Å². The molecule has 3 rings (SSSR count). The van der Waals surface area contributed by atoms with Gasteiger partial charge in [-0.15, -0.1) is 11.3 Å². The Morgan fingerprint density at radius 3 is 2.49 bits per heavy atom. The van der Waals surface area contributed by atoms with Crippen molar-refractivity contribution in [1.82, 2.24) is 10.3 Å². The first-order chi connectivity index (χ1) is 19.4. The predicted molar refractivity (Wildman–Crippen MR) is 158 cm³/mol. The molecule has 0 aliphatic carbocycles. The van der Waals surface area contributed by atoms with E-state index in [2.05, 4.69) is 15.6 Å². The second-order valence-corrected chi connectivity index (χ2v) is 12.9. The Balaban J connectivity index is 1.73. The number of hydrogen-bond donors (Lipinski definition) is 2. The third kappa shape index (κ3) is 8.85. The number of alkyl carbamates (subject to hydrolysis) is 1. The number of anilines is 2. The molecule has 3 aromatic rings. The van der Waals surface area contributed by atoms with Crippen LogP contribution in [0.1, 0.15) is 39.2 Å². The maximum Gasteiger partial charge on any atom is 0.407 e. The van der Waals surface area contributed by atoms with Crippen molar-refractivity contribution in [3.8, 4) is 11.5 Å². The van der Waals surface area contributed by atoms with Crippen molar-refractivity contribution in [2.45, 2.75) is 50.7 Å². The molecule has 0 aliphatic heterocycles. The number of nitrogens with zero attached hydrogens (tertiary/aromatic N) is 2. The number of ether oxygens (including phenoxy) is 3. The molecule has 1 amide bonds. The first-order valence-corrected chi connectivity index (χ1v) is 15.4. The zero-order valence-electron chi connectivity index (χ0n) is 23.5. The molecule has 1 heterocycles. The Bertz CT molecular complexity index is 1430. The summed E-state index contributed by atoms with van der Waals surface area (Å²) in [6.07, 6.45) is 2.24. The van der Waals surface area contributed by atoms with Crippen LogP contribution in [0, 0.1) is 5.82 Å². The zero-order chi connectivity index (χ0) is 30.2. The highest BCUT2D eigenvalue weighted by atomic mass is 35.5. The number of methoxy groups -OCH3 is 2. The van der Waals surface area contributed by atoms with Crippen molar-refractivity contribution in [3.63, 3.8) is 0 Å². The largest absolute Gasteiger partial charge is 0.497 e. The molecule has 2 N–H and O–H groups in total. The Morgan fingerprint density at radius 2 is 1.85 bits per heavy atom. The van der Waals surface area contributed by atoms with E-state index in [4.69, 9.17) is 25.8 Å². The highest BCUT2D eigenvalue weighted by molar-refractivity contribution is 7.93. The van der Waals surface area contributed by atoms with Crippen LogP contribution in [0.15, 0.2) is 46.8 Å². The molecule has 1 aromatic heterocycles. The van der Waals surface area contributed by atoms with E-state index in [9.17, 15) is 13.2 Å². The molecule has 0 fully saturated rings. The molecule has 0 saturated carbocycles. The lowest BCUT2D eigenvalue weighted by atomic mass is 10.2. The quantitative estimate of drug-likeness (QED) is 0.219. The second kappa shape index (κ2) is 14.1. The molecule has 0 unspecified atom stereocenters. The lowest BCUT2D eigenvalue weighted by molar-refractivity contribution is 0.0527. The zero-order valence-corrected chi connectivity index (χ0v) is 25.9. The fraction of sp³-hybridized carbons (Fsp3) is 0.407. The van der Waals surface area contributed by atoms with Crippen molar-refractivity contribution in [2.75, 3.05) is 36.9 Å². The van der Waals surface area contributed by atoms with Crippen LogP contribution >= 0.6 is 22.9 Å². The molecule has 0 bridgehead atoms. The van der Waals surface area contributed by atoms with Gasteiger partial charge in [-0.3, -0.25) is 0 Å². The number of thiazole rings is 1. The van der Waals surface area contributed by atoms with Crippen LogP contribution < -0.4 is 24.4 Å². The van der Waals surface area contributed by atoms with E-state index in [0.29, 0.717) is 43.0 Å². The van der Waals surface area contributed by atoms with Gasteiger partial charge < -0.3 is 24.8 Å². The lowest BCUT2D eigenvalue weighted by Crippen LogP contribution is -2.33. The number of amides is 1. The maximum atomic E-state index is 15.3. The van der Waals surface area contributed by atoms with Crippen LogP contribution in [0.3, 0.4) is 0 Å². The highest BCUT2D eigenvalue weighted by Crippen LogP contribution is 2.35. The maximum absolute atomic E-state index is 15.3. The molecule has 2 aromatic carbocycles. The summed E-state index contributed by atoms with van der Waals surface area (Å²) in [7, 11) is -1.46. The Morgan fingerprint density at radius 1 is 1.12 bits per heavy atom. The van der Waals surface area contributed by atoms with Gasteiger partial charge >= 0.3 is 6.09 Å². The number of nitrogens with one attached hydrogen (secondary N) is 2. The summed E-state index contributed by atoms with van der Waals surface area (Å²) in [5, 5.41) is 7.51. The summed E-state index contributed by atoms with van der Waals surface area (Å²) in [6, 6.07) is 7.13. The summed E-state index contributed by atoms with van der Waals surface area (Å²) in [4.78, 5) is 15.3. The molecule has 10 nitrogen and oxygen atoms in total. The van der Waals surface area contributed by atoms with Gasteiger partial charge in [-0.2, -0.15) is 0 Å². The van der Waals surface area contributed by atoms with Gasteiger partial charge in [0.2, 0.25) is 0 Å². The van der Waals surface area contributed by atoms with Gasteiger partial charge in [0.25, 0.3) is 10.0 Å². The minimum atomic E-state index is -4.43. The number of unbranched alkanes of at least 4 members (excludes halogenated alkanes) is 1. The van der Waals surface area contributed by atoms with E-state index in [0.717, 1.165) is 27.8 Å². The molecule has 224 valence electrons. The number of halogens is 2. The van der Waals surface area contributed by atoms with E-state index in [1.807, 2.05) is 0 Å². The number of carbonyl (C=O) groups excluding carboxylic acids is 1. The SMILES string of the molecule is COc1ccc(CN(c2nccs2)S(=O)(=O)c2cc(Cl)c(NCCCCNC(=O)OC(C)(C)C)cc2F)c(OC)c1. The van der Waals surface area contributed by atoms with Gasteiger partial charge in [-0.25, -0.2) is 26.9 Å². The van der Waals surface area contributed by atoms with Crippen molar-refractivity contribution < 1.29 is 31.8 Å². The van der Waals surface area contributed by atoms with E-state index in [-0.39, 0.29) is 22.4 Å². The van der Waals surface area contributed by atoms with Crippen molar-refractivity contribution in [3.05, 3.63) is 58.3 Å². The van der Waals surface area contributed by atoms with E-state index < -0.39 is 32.4 Å². The van der Waals surface area contributed by atoms with Crippen molar-refractivity contribution >= 4 is 49.9 Å². The number of benzene rings is 2. The molecule has 14 heteroatoms. The predicted octanol–water partition coefficient (Wildman–Crippen LogP) is 6.07. The molecule has 41 heavy (non-hydrogen) atoms. The summed E-state index contributed by atoms with van der Waals surface area (Å²) >= 11 is 7.48. The number of aromatic nitrogens is 1. The molecule has 0 radical (unpaired) electrons. The van der Waals surface area contributed by atoms with E-state index >= 15 is 4.39 Å². The minimum absolute atomic E-state index is 0.0398. The summed E-state index contributed by atoms with van der Waals surface area (Å²) in [6.45, 7) is 6.00. The number of rotatable bonds is 13. The summed E-state index contributed by atoms with van der Waals surface area (Å²) in [5.41, 5.74) is 0.199. The van der Waals surface area contributed by atoms with Crippen LogP contribution in [0.25, 0.3) is 0 Å². The molecule has 0 aliphatic rings. The summed E-state index contributed by atoms with van der Waals surface area (Å²) in [5.74, 6) is -0.0262. The van der Waals surface area contributed by atoms with Gasteiger partial charge in [0.15, 0.2) is 5.13 Å². The van der Waals surface area contributed by atoms with Crippen LogP contribution in [0.4, 0.5) is 20.0 Å². The standard InChI is InChI=1S/C27H34ClFN4O6S2/c1-27(2,3)39-26(34)32-11-7-6-10-30-22-16-21(29)24(15-20(22)28)41(35,36)33(25-31-12-13-40-25)17-18-8-9-19(37-4)14-23(18)38-5/h8-9,12-16,30H,6-7,10-11,17H2,1-5H3,(H,32,34). The third-order valence-electron chi connectivity index (χ3n) is 5.62. The highest BCUT2D eigenvalue weighted by Gasteiger charge is 2.31. The number of hydrogen-bond acceptors (Lipinski definition) is 9.